The van der Waals surface area contributed by atoms with E-state index in [1.54, 1.807) is 24.3 Å². The normalized spacial score (nSPS) is 10.1. The Hall–Kier alpha value is -3.09. The molecule has 6 nitrogen and oxygen atoms in total. The number of rotatable bonds is 6. The van der Waals surface area contributed by atoms with Crippen molar-refractivity contribution in [2.24, 2.45) is 0 Å². The fraction of sp³-hybridized carbons (Fsp3) is 0.222. The van der Waals surface area contributed by atoms with E-state index in [0.717, 1.165) is 0 Å². The van der Waals surface area contributed by atoms with E-state index in [0.29, 0.717) is 22.7 Å². The van der Waals surface area contributed by atoms with Gasteiger partial charge in [0.15, 0.2) is 11.6 Å². The van der Waals surface area contributed by atoms with Crippen LogP contribution in [0.25, 0.3) is 0 Å². The van der Waals surface area contributed by atoms with Gasteiger partial charge in [-0.15, -0.1) is 0 Å². The van der Waals surface area contributed by atoms with Gasteiger partial charge in [0.05, 0.1) is 26.3 Å². The van der Waals surface area contributed by atoms with Crippen LogP contribution in [-0.4, -0.2) is 26.0 Å². The summed E-state index contributed by atoms with van der Waals surface area (Å²) < 4.78 is 23.7. The fourth-order valence-corrected chi connectivity index (χ4v) is 2.27. The van der Waals surface area contributed by atoms with Gasteiger partial charge < -0.3 is 20.1 Å². The maximum absolute atomic E-state index is 13.7. The Bertz CT molecular complexity index is 793. The largest absolute Gasteiger partial charge is 0.494 e. The second-order valence-corrected chi connectivity index (χ2v) is 5.29. The van der Waals surface area contributed by atoms with Gasteiger partial charge in [0.1, 0.15) is 5.75 Å². The van der Waals surface area contributed by atoms with Gasteiger partial charge in [-0.05, 0) is 29.8 Å². The molecule has 2 N–H and O–H groups in total. The minimum atomic E-state index is -0.519. The van der Waals surface area contributed by atoms with Crippen LogP contribution in [0.3, 0.4) is 0 Å². The molecule has 0 saturated heterocycles. The molecule has 0 aromatic heterocycles. The van der Waals surface area contributed by atoms with E-state index in [-0.39, 0.29) is 24.0 Å². The Kier molecular flexibility index (Phi) is 5.94. The molecule has 2 aromatic carbocycles. The minimum absolute atomic E-state index is 0.0106. The summed E-state index contributed by atoms with van der Waals surface area (Å²) >= 11 is 0. The Morgan fingerprint density at radius 1 is 1.00 bits per heavy atom. The summed E-state index contributed by atoms with van der Waals surface area (Å²) in [6.07, 6.45) is 0.0106. The van der Waals surface area contributed by atoms with Gasteiger partial charge >= 0.3 is 0 Å². The first-order valence-electron chi connectivity index (χ1n) is 7.51. The van der Waals surface area contributed by atoms with Gasteiger partial charge in [0.2, 0.25) is 11.8 Å². The number of ether oxygens (including phenoxy) is 2. The van der Waals surface area contributed by atoms with Crippen LogP contribution >= 0.6 is 0 Å². The number of halogens is 1. The van der Waals surface area contributed by atoms with Gasteiger partial charge in [-0.3, -0.25) is 9.59 Å². The molecular formula is C18H19FN2O4. The third kappa shape index (κ3) is 4.94. The lowest BCUT2D eigenvalue weighted by molar-refractivity contribution is -0.116. The predicted molar refractivity (Wildman–Crippen MR) is 92.6 cm³/mol. The van der Waals surface area contributed by atoms with Crippen LogP contribution in [0.4, 0.5) is 15.8 Å². The Balaban J connectivity index is 2.07. The number of nitrogens with one attached hydrogen (secondary N) is 2. The van der Waals surface area contributed by atoms with Gasteiger partial charge in [0, 0.05) is 18.7 Å². The zero-order valence-electron chi connectivity index (χ0n) is 14.2. The number of hydrogen-bond acceptors (Lipinski definition) is 4. The summed E-state index contributed by atoms with van der Waals surface area (Å²) in [6.45, 7) is 1.39. The summed E-state index contributed by atoms with van der Waals surface area (Å²) in [4.78, 5) is 23.3. The van der Waals surface area contributed by atoms with E-state index >= 15 is 0 Å². The van der Waals surface area contributed by atoms with Crippen molar-refractivity contribution in [2.45, 2.75) is 13.3 Å². The summed E-state index contributed by atoms with van der Waals surface area (Å²) in [5.74, 6) is -0.504. The van der Waals surface area contributed by atoms with Crippen molar-refractivity contribution in [3.05, 3.63) is 47.8 Å². The lowest BCUT2D eigenvalue weighted by Gasteiger charge is -2.12. The summed E-state index contributed by atoms with van der Waals surface area (Å²) in [5, 5.41) is 5.34. The number of anilines is 2. The molecule has 0 aliphatic heterocycles. The molecule has 0 aliphatic rings. The number of carbonyl (C=O) groups is 2. The molecule has 132 valence electrons. The SMILES string of the molecule is COc1ccc(CC(=O)Nc2ccc(NC(C)=O)c(OC)c2)cc1F. The summed E-state index contributed by atoms with van der Waals surface area (Å²) in [7, 11) is 2.84. The van der Waals surface area contributed by atoms with Crippen LogP contribution in [0.15, 0.2) is 36.4 Å². The lowest BCUT2D eigenvalue weighted by atomic mass is 10.1. The van der Waals surface area contributed by atoms with Crippen LogP contribution in [0.1, 0.15) is 12.5 Å². The number of hydrogen-bond donors (Lipinski definition) is 2. The molecule has 0 spiro atoms. The molecule has 0 atom stereocenters. The summed E-state index contributed by atoms with van der Waals surface area (Å²) in [6, 6.07) is 9.23. The first-order valence-corrected chi connectivity index (χ1v) is 7.51. The van der Waals surface area contributed by atoms with Crippen LogP contribution in [0, 0.1) is 5.82 Å². The van der Waals surface area contributed by atoms with Crippen molar-refractivity contribution in [3.8, 4) is 11.5 Å². The number of carbonyl (C=O) groups excluding carboxylic acids is 2. The number of benzene rings is 2. The third-order valence-corrected chi connectivity index (χ3v) is 3.38. The van der Waals surface area contributed by atoms with E-state index in [2.05, 4.69) is 10.6 Å². The first kappa shape index (κ1) is 18.3. The summed E-state index contributed by atoms with van der Waals surface area (Å²) in [5.41, 5.74) is 1.53. The van der Waals surface area contributed by atoms with Crippen molar-refractivity contribution < 1.29 is 23.5 Å². The molecule has 0 radical (unpaired) electrons. The van der Waals surface area contributed by atoms with E-state index in [1.807, 2.05) is 0 Å². The van der Waals surface area contributed by atoms with Gasteiger partial charge in [0.25, 0.3) is 0 Å². The highest BCUT2D eigenvalue weighted by Gasteiger charge is 2.10. The fourth-order valence-electron chi connectivity index (χ4n) is 2.27. The number of methoxy groups -OCH3 is 2. The van der Waals surface area contributed by atoms with Gasteiger partial charge in [-0.2, -0.15) is 0 Å². The van der Waals surface area contributed by atoms with Crippen molar-refractivity contribution in [2.75, 3.05) is 24.9 Å². The molecule has 0 saturated carbocycles. The quantitative estimate of drug-likeness (QED) is 0.843. The lowest BCUT2D eigenvalue weighted by Crippen LogP contribution is -2.15. The molecule has 25 heavy (non-hydrogen) atoms. The first-order chi connectivity index (χ1) is 11.9. The van der Waals surface area contributed by atoms with Crippen molar-refractivity contribution in [3.63, 3.8) is 0 Å². The maximum Gasteiger partial charge on any atom is 0.228 e. The topological polar surface area (TPSA) is 76.7 Å². The highest BCUT2D eigenvalue weighted by molar-refractivity contribution is 5.94. The molecule has 2 aromatic rings. The van der Waals surface area contributed by atoms with Crippen LogP contribution in [0.5, 0.6) is 11.5 Å². The molecule has 0 aliphatic carbocycles. The molecule has 0 bridgehead atoms. The van der Waals surface area contributed by atoms with Crippen molar-refractivity contribution in [1.29, 1.82) is 0 Å². The van der Waals surface area contributed by atoms with Crippen molar-refractivity contribution in [1.82, 2.24) is 0 Å². The van der Waals surface area contributed by atoms with Crippen LogP contribution in [-0.2, 0) is 16.0 Å². The minimum Gasteiger partial charge on any atom is -0.494 e. The monoisotopic (exact) mass is 346 g/mol. The predicted octanol–water partition coefficient (Wildman–Crippen LogP) is 2.98. The standard InChI is InChI=1S/C18H19FN2O4/c1-11(22)20-15-6-5-13(10-17(15)25-3)21-18(23)9-12-4-7-16(24-2)14(19)8-12/h4-8,10H,9H2,1-3H3,(H,20,22)(H,21,23). The van der Waals surface area contributed by atoms with Gasteiger partial charge in [-0.1, -0.05) is 6.07 Å². The smallest absolute Gasteiger partial charge is 0.228 e. The molecule has 0 heterocycles. The average molecular weight is 346 g/mol. The molecule has 0 fully saturated rings. The molecule has 7 heteroatoms. The van der Waals surface area contributed by atoms with Crippen LogP contribution in [0.2, 0.25) is 0 Å². The van der Waals surface area contributed by atoms with E-state index in [9.17, 15) is 14.0 Å². The molecule has 2 amide bonds. The second-order valence-electron chi connectivity index (χ2n) is 5.29. The van der Waals surface area contributed by atoms with E-state index in [4.69, 9.17) is 9.47 Å². The highest BCUT2D eigenvalue weighted by Crippen LogP contribution is 2.28. The highest BCUT2D eigenvalue weighted by atomic mass is 19.1. The molecule has 2 rings (SSSR count). The van der Waals surface area contributed by atoms with E-state index in [1.165, 1.54) is 33.3 Å². The average Bonchev–Trinajstić information content (AvgIpc) is 2.56. The van der Waals surface area contributed by atoms with Crippen LogP contribution < -0.4 is 20.1 Å². The third-order valence-electron chi connectivity index (χ3n) is 3.38. The van der Waals surface area contributed by atoms with Crippen molar-refractivity contribution >= 4 is 23.2 Å². The Morgan fingerprint density at radius 2 is 1.72 bits per heavy atom. The molecule has 0 unspecified atom stereocenters. The van der Waals surface area contributed by atoms with Gasteiger partial charge in [-0.25, -0.2) is 4.39 Å². The number of amides is 2. The Morgan fingerprint density at radius 3 is 2.32 bits per heavy atom. The van der Waals surface area contributed by atoms with E-state index < -0.39 is 5.82 Å². The zero-order chi connectivity index (χ0) is 18.4. The molecular weight excluding hydrogens is 327 g/mol. The Labute approximate surface area is 144 Å². The maximum atomic E-state index is 13.7. The second kappa shape index (κ2) is 8.14. The zero-order valence-corrected chi connectivity index (χ0v) is 14.2.